The second-order valence-corrected chi connectivity index (χ2v) is 5.08. The highest BCUT2D eigenvalue weighted by Crippen LogP contribution is 2.21. The maximum atomic E-state index is 12.2. The number of morpholine rings is 1. The predicted octanol–water partition coefficient (Wildman–Crippen LogP) is 1.78. The van der Waals surface area contributed by atoms with Gasteiger partial charge in [-0.15, -0.1) is 0 Å². The van der Waals surface area contributed by atoms with Crippen molar-refractivity contribution in [1.82, 2.24) is 4.90 Å². The number of rotatable bonds is 5. The molecule has 0 saturated carbocycles. The van der Waals surface area contributed by atoms with Crippen LogP contribution in [-0.4, -0.2) is 50.2 Å². The van der Waals surface area contributed by atoms with Gasteiger partial charge in [0.25, 0.3) is 5.91 Å². The molecule has 0 unspecified atom stereocenters. The number of likely N-dealkylation sites (N-methyl/N-ethyl adjacent to an activating group) is 1. The number of carbonyl (C=O) groups is 1. The van der Waals surface area contributed by atoms with Gasteiger partial charge in [-0.25, -0.2) is 0 Å². The Labute approximate surface area is 120 Å². The molecule has 1 saturated heterocycles. The van der Waals surface area contributed by atoms with E-state index < -0.39 is 6.10 Å². The number of benzene rings is 1. The average Bonchev–Trinajstić information content (AvgIpc) is 2.46. The number of ether oxygens (including phenoxy) is 1. The molecule has 1 fully saturated rings. The Morgan fingerprint density at radius 1 is 1.40 bits per heavy atom. The van der Waals surface area contributed by atoms with E-state index in [4.69, 9.17) is 4.74 Å². The van der Waals surface area contributed by atoms with Crippen LogP contribution in [0.15, 0.2) is 24.3 Å². The third-order valence-corrected chi connectivity index (χ3v) is 3.31. The molecule has 2 rings (SSSR count). The summed E-state index contributed by atoms with van der Waals surface area (Å²) in [7, 11) is 2.00. The van der Waals surface area contributed by atoms with E-state index in [0.717, 1.165) is 30.9 Å². The van der Waals surface area contributed by atoms with Crippen LogP contribution in [0.3, 0.4) is 0 Å². The molecule has 0 spiro atoms. The van der Waals surface area contributed by atoms with Crippen molar-refractivity contribution in [2.75, 3.05) is 43.9 Å². The number of anilines is 2. The highest BCUT2D eigenvalue weighted by atomic mass is 16.5. The minimum absolute atomic E-state index is 0.0812. The number of nitrogens with zero attached hydrogens (tertiary/aromatic N) is 1. The molecule has 0 aromatic heterocycles. The van der Waals surface area contributed by atoms with Gasteiger partial charge < -0.3 is 20.3 Å². The minimum atomic E-state index is -0.395. The molecule has 1 heterocycles. The van der Waals surface area contributed by atoms with Gasteiger partial charge >= 0.3 is 0 Å². The van der Waals surface area contributed by atoms with Crippen LogP contribution in [0.1, 0.15) is 13.3 Å². The first kappa shape index (κ1) is 14.8. The Morgan fingerprint density at radius 3 is 2.85 bits per heavy atom. The van der Waals surface area contributed by atoms with E-state index in [-0.39, 0.29) is 5.91 Å². The summed E-state index contributed by atoms with van der Waals surface area (Å²) in [4.78, 5) is 14.4. The summed E-state index contributed by atoms with van der Waals surface area (Å²) in [6.45, 7) is 5.11. The first-order valence-electron chi connectivity index (χ1n) is 7.14. The van der Waals surface area contributed by atoms with Crippen molar-refractivity contribution in [1.29, 1.82) is 0 Å². The quantitative estimate of drug-likeness (QED) is 0.861. The number of para-hydroxylation sites is 2. The van der Waals surface area contributed by atoms with Crippen molar-refractivity contribution in [3.8, 4) is 0 Å². The average molecular weight is 277 g/mol. The highest BCUT2D eigenvalue weighted by molar-refractivity contribution is 5.97. The summed E-state index contributed by atoms with van der Waals surface area (Å²) in [6.07, 6.45) is 0.645. The zero-order chi connectivity index (χ0) is 14.4. The molecular weight excluding hydrogens is 254 g/mol. The summed E-state index contributed by atoms with van der Waals surface area (Å²) in [5, 5.41) is 6.27. The molecular formula is C15H23N3O2. The fourth-order valence-electron chi connectivity index (χ4n) is 2.16. The topological polar surface area (TPSA) is 53.6 Å². The second kappa shape index (κ2) is 7.26. The van der Waals surface area contributed by atoms with Crippen LogP contribution in [0.25, 0.3) is 0 Å². The molecule has 0 aliphatic carbocycles. The minimum Gasteiger partial charge on any atom is -0.383 e. The Hall–Kier alpha value is -1.59. The molecule has 1 aliphatic heterocycles. The summed E-state index contributed by atoms with van der Waals surface area (Å²) in [6, 6.07) is 7.75. The lowest BCUT2D eigenvalue weighted by atomic mass is 10.2. The molecule has 5 heteroatoms. The first-order valence-corrected chi connectivity index (χ1v) is 7.14. The van der Waals surface area contributed by atoms with Crippen molar-refractivity contribution in [3.05, 3.63) is 24.3 Å². The van der Waals surface area contributed by atoms with E-state index in [1.54, 1.807) is 0 Å². The lowest BCUT2D eigenvalue weighted by Crippen LogP contribution is -2.46. The van der Waals surface area contributed by atoms with Crippen LogP contribution in [0, 0.1) is 0 Å². The molecule has 5 nitrogen and oxygen atoms in total. The summed E-state index contributed by atoms with van der Waals surface area (Å²) < 4.78 is 5.53. The molecule has 1 aromatic carbocycles. The summed E-state index contributed by atoms with van der Waals surface area (Å²) >= 11 is 0. The molecule has 20 heavy (non-hydrogen) atoms. The standard InChI is InChI=1S/C15H23N3O2/c1-3-8-16-12-6-4-5-7-13(12)17-15(19)14-11-18(2)9-10-20-14/h4-7,14,16H,3,8-11H2,1-2H3,(H,17,19)/t14-/m0/s1. The third-order valence-electron chi connectivity index (χ3n) is 3.31. The molecule has 1 amide bonds. The SMILES string of the molecule is CCCNc1ccccc1NC(=O)[C@@H]1CN(C)CCO1. The van der Waals surface area contributed by atoms with Gasteiger partial charge in [-0.3, -0.25) is 4.79 Å². The second-order valence-electron chi connectivity index (χ2n) is 5.08. The van der Waals surface area contributed by atoms with E-state index in [2.05, 4.69) is 22.5 Å². The highest BCUT2D eigenvalue weighted by Gasteiger charge is 2.25. The zero-order valence-electron chi connectivity index (χ0n) is 12.2. The van der Waals surface area contributed by atoms with Crippen LogP contribution >= 0.6 is 0 Å². The van der Waals surface area contributed by atoms with Gasteiger partial charge in [-0.05, 0) is 25.6 Å². The number of amides is 1. The maximum Gasteiger partial charge on any atom is 0.254 e. The van der Waals surface area contributed by atoms with E-state index >= 15 is 0 Å². The van der Waals surface area contributed by atoms with Crippen molar-refractivity contribution in [3.63, 3.8) is 0 Å². The Bertz CT molecular complexity index is 450. The molecule has 110 valence electrons. The van der Waals surface area contributed by atoms with E-state index in [9.17, 15) is 4.79 Å². The number of hydrogen-bond acceptors (Lipinski definition) is 4. The van der Waals surface area contributed by atoms with Gasteiger partial charge in [0.1, 0.15) is 6.10 Å². The van der Waals surface area contributed by atoms with E-state index in [1.807, 2.05) is 31.3 Å². The smallest absolute Gasteiger partial charge is 0.254 e. The third kappa shape index (κ3) is 3.95. The first-order chi connectivity index (χ1) is 9.70. The van der Waals surface area contributed by atoms with Crippen LogP contribution in [0.4, 0.5) is 11.4 Å². The van der Waals surface area contributed by atoms with Crippen LogP contribution in [-0.2, 0) is 9.53 Å². The number of hydrogen-bond donors (Lipinski definition) is 2. The van der Waals surface area contributed by atoms with Crippen molar-refractivity contribution in [2.45, 2.75) is 19.4 Å². The van der Waals surface area contributed by atoms with Gasteiger partial charge in [0, 0.05) is 19.6 Å². The molecule has 1 aromatic rings. The van der Waals surface area contributed by atoms with Crippen molar-refractivity contribution >= 4 is 17.3 Å². The molecule has 1 atom stereocenters. The van der Waals surface area contributed by atoms with Gasteiger partial charge in [-0.2, -0.15) is 0 Å². The Balaban J connectivity index is 1.99. The fraction of sp³-hybridized carbons (Fsp3) is 0.533. The molecule has 1 aliphatic rings. The summed E-state index contributed by atoms with van der Waals surface area (Å²) in [5.74, 6) is -0.0812. The van der Waals surface area contributed by atoms with E-state index in [1.165, 1.54) is 0 Å². The molecule has 0 bridgehead atoms. The van der Waals surface area contributed by atoms with Gasteiger partial charge in [0.2, 0.25) is 0 Å². The van der Waals surface area contributed by atoms with Crippen LogP contribution in [0.5, 0.6) is 0 Å². The normalized spacial score (nSPS) is 19.6. The largest absolute Gasteiger partial charge is 0.383 e. The predicted molar refractivity (Wildman–Crippen MR) is 81.1 cm³/mol. The lowest BCUT2D eigenvalue weighted by molar-refractivity contribution is -0.132. The Kier molecular flexibility index (Phi) is 5.38. The number of nitrogens with one attached hydrogen (secondary N) is 2. The Morgan fingerprint density at radius 2 is 2.15 bits per heavy atom. The zero-order valence-corrected chi connectivity index (χ0v) is 12.2. The maximum absolute atomic E-state index is 12.2. The molecule has 2 N–H and O–H groups in total. The molecule has 0 radical (unpaired) electrons. The van der Waals surface area contributed by atoms with Gasteiger partial charge in [0.05, 0.1) is 18.0 Å². The van der Waals surface area contributed by atoms with Crippen LogP contribution in [0.2, 0.25) is 0 Å². The van der Waals surface area contributed by atoms with Gasteiger partial charge in [0.15, 0.2) is 0 Å². The monoisotopic (exact) mass is 277 g/mol. The fourth-order valence-corrected chi connectivity index (χ4v) is 2.16. The van der Waals surface area contributed by atoms with Crippen molar-refractivity contribution < 1.29 is 9.53 Å². The van der Waals surface area contributed by atoms with Crippen LogP contribution < -0.4 is 10.6 Å². The summed E-state index contributed by atoms with van der Waals surface area (Å²) in [5.41, 5.74) is 1.76. The number of carbonyl (C=O) groups excluding carboxylic acids is 1. The van der Waals surface area contributed by atoms with Crippen molar-refractivity contribution in [2.24, 2.45) is 0 Å². The van der Waals surface area contributed by atoms with Gasteiger partial charge in [-0.1, -0.05) is 19.1 Å². The van der Waals surface area contributed by atoms with E-state index in [0.29, 0.717) is 13.2 Å². The lowest BCUT2D eigenvalue weighted by Gasteiger charge is -2.29.